The maximum absolute atomic E-state index is 12.3. The fraction of sp³-hybridized carbons (Fsp3) is 0.500. The smallest absolute Gasteiger partial charge is 0.325 e. The molecule has 0 saturated heterocycles. The van der Waals surface area contributed by atoms with Gasteiger partial charge in [-0.3, -0.25) is 9.59 Å². The van der Waals surface area contributed by atoms with Gasteiger partial charge in [0.15, 0.2) is 0 Å². The second-order valence-corrected chi connectivity index (χ2v) is 5.94. The SMILES string of the molecule is COC(=O)CN(C)C(=O)c1cc(Cl)nc(C(C)(C)C)c1. The van der Waals surface area contributed by atoms with E-state index in [0.717, 1.165) is 5.69 Å². The van der Waals surface area contributed by atoms with E-state index >= 15 is 0 Å². The van der Waals surface area contributed by atoms with Crippen molar-refractivity contribution in [3.8, 4) is 0 Å². The molecule has 1 aromatic heterocycles. The van der Waals surface area contributed by atoms with E-state index in [-0.39, 0.29) is 23.0 Å². The van der Waals surface area contributed by atoms with Crippen molar-refractivity contribution in [1.29, 1.82) is 0 Å². The average Bonchev–Trinajstić information content (AvgIpc) is 2.35. The van der Waals surface area contributed by atoms with E-state index in [4.69, 9.17) is 11.6 Å². The Balaban J connectivity index is 3.04. The number of pyridine rings is 1. The normalized spacial score (nSPS) is 11.1. The summed E-state index contributed by atoms with van der Waals surface area (Å²) in [6, 6.07) is 3.19. The van der Waals surface area contributed by atoms with Gasteiger partial charge in [-0.25, -0.2) is 4.98 Å². The number of aromatic nitrogens is 1. The Labute approximate surface area is 123 Å². The van der Waals surface area contributed by atoms with Crippen LogP contribution in [0.3, 0.4) is 0 Å². The number of methoxy groups -OCH3 is 1. The van der Waals surface area contributed by atoms with Crippen molar-refractivity contribution in [2.75, 3.05) is 20.7 Å². The van der Waals surface area contributed by atoms with Crippen molar-refractivity contribution in [3.05, 3.63) is 28.5 Å². The molecule has 110 valence electrons. The van der Waals surface area contributed by atoms with E-state index in [1.54, 1.807) is 6.07 Å². The fourth-order valence-electron chi connectivity index (χ4n) is 1.55. The molecule has 1 amide bonds. The van der Waals surface area contributed by atoms with Crippen LogP contribution in [0.5, 0.6) is 0 Å². The summed E-state index contributed by atoms with van der Waals surface area (Å²) in [5, 5.41) is 0.257. The molecule has 0 aliphatic rings. The van der Waals surface area contributed by atoms with Crippen LogP contribution in [0.15, 0.2) is 12.1 Å². The van der Waals surface area contributed by atoms with Gasteiger partial charge in [0.05, 0.1) is 7.11 Å². The van der Waals surface area contributed by atoms with E-state index in [9.17, 15) is 9.59 Å². The molecule has 0 aliphatic heterocycles. The van der Waals surface area contributed by atoms with Gasteiger partial charge in [-0.2, -0.15) is 0 Å². The molecule has 6 heteroatoms. The van der Waals surface area contributed by atoms with E-state index in [1.807, 2.05) is 20.8 Å². The molecule has 0 N–H and O–H groups in total. The average molecular weight is 299 g/mol. The zero-order valence-electron chi connectivity index (χ0n) is 12.4. The van der Waals surface area contributed by atoms with Crippen LogP contribution >= 0.6 is 11.6 Å². The number of ether oxygens (including phenoxy) is 1. The van der Waals surface area contributed by atoms with Crippen LogP contribution in [0, 0.1) is 0 Å². The van der Waals surface area contributed by atoms with E-state index in [2.05, 4.69) is 9.72 Å². The highest BCUT2D eigenvalue weighted by atomic mass is 35.5. The van der Waals surface area contributed by atoms with Crippen LogP contribution in [-0.4, -0.2) is 42.5 Å². The summed E-state index contributed by atoms with van der Waals surface area (Å²) >= 11 is 5.96. The van der Waals surface area contributed by atoms with Crippen LogP contribution < -0.4 is 0 Å². The minimum atomic E-state index is -0.475. The summed E-state index contributed by atoms with van der Waals surface area (Å²) in [5.41, 5.74) is 0.905. The van der Waals surface area contributed by atoms with Gasteiger partial charge in [0.1, 0.15) is 11.7 Å². The van der Waals surface area contributed by atoms with Crippen molar-refractivity contribution in [1.82, 2.24) is 9.88 Å². The Morgan fingerprint density at radius 2 is 1.95 bits per heavy atom. The van der Waals surface area contributed by atoms with Crippen LogP contribution in [-0.2, 0) is 14.9 Å². The van der Waals surface area contributed by atoms with Gasteiger partial charge >= 0.3 is 5.97 Å². The molecule has 0 fully saturated rings. The quantitative estimate of drug-likeness (QED) is 0.634. The number of halogens is 1. The molecule has 0 atom stereocenters. The third kappa shape index (κ3) is 4.20. The molecule has 1 rings (SSSR count). The predicted molar refractivity (Wildman–Crippen MR) is 76.9 cm³/mol. The molecule has 0 bridgehead atoms. The molecule has 20 heavy (non-hydrogen) atoms. The van der Waals surface area contributed by atoms with Crippen molar-refractivity contribution in [3.63, 3.8) is 0 Å². The van der Waals surface area contributed by atoms with Crippen LogP contribution in [0.2, 0.25) is 5.15 Å². The Morgan fingerprint density at radius 1 is 1.35 bits per heavy atom. The van der Waals surface area contributed by atoms with E-state index in [1.165, 1.54) is 25.1 Å². The summed E-state index contributed by atoms with van der Waals surface area (Å²) in [6.45, 7) is 5.84. The molecular weight excluding hydrogens is 280 g/mol. The predicted octanol–water partition coefficient (Wildman–Crippen LogP) is 2.28. The minimum absolute atomic E-state index is 0.111. The van der Waals surface area contributed by atoms with Gasteiger partial charge in [-0.1, -0.05) is 32.4 Å². The number of hydrogen-bond acceptors (Lipinski definition) is 4. The lowest BCUT2D eigenvalue weighted by Gasteiger charge is -2.20. The number of esters is 1. The van der Waals surface area contributed by atoms with Gasteiger partial charge in [0, 0.05) is 23.7 Å². The van der Waals surface area contributed by atoms with Crippen molar-refractivity contribution in [2.24, 2.45) is 0 Å². The van der Waals surface area contributed by atoms with E-state index < -0.39 is 5.97 Å². The van der Waals surface area contributed by atoms with Crippen molar-refractivity contribution < 1.29 is 14.3 Å². The number of amides is 1. The second kappa shape index (κ2) is 6.22. The van der Waals surface area contributed by atoms with Crippen LogP contribution in [0.25, 0.3) is 0 Å². The first kappa shape index (κ1) is 16.4. The number of rotatable bonds is 3. The largest absolute Gasteiger partial charge is 0.468 e. The standard InChI is InChI=1S/C14H19ClN2O3/c1-14(2,3)10-6-9(7-11(15)16-10)13(19)17(4)8-12(18)20-5/h6-7H,8H2,1-5H3. The van der Waals surface area contributed by atoms with Gasteiger partial charge in [-0.15, -0.1) is 0 Å². The molecule has 1 aromatic rings. The first-order chi connectivity index (χ1) is 9.15. The highest BCUT2D eigenvalue weighted by Crippen LogP contribution is 2.23. The summed E-state index contributed by atoms with van der Waals surface area (Å²) in [4.78, 5) is 29.0. The molecule has 0 aromatic carbocycles. The Kier molecular flexibility index (Phi) is 5.11. The first-order valence-corrected chi connectivity index (χ1v) is 6.53. The van der Waals surface area contributed by atoms with Gasteiger partial charge in [-0.05, 0) is 12.1 Å². The summed E-state index contributed by atoms with van der Waals surface area (Å²) in [7, 11) is 2.81. The lowest BCUT2D eigenvalue weighted by atomic mass is 9.91. The molecule has 1 heterocycles. The van der Waals surface area contributed by atoms with Gasteiger partial charge < -0.3 is 9.64 Å². The van der Waals surface area contributed by atoms with Crippen LogP contribution in [0.1, 0.15) is 36.8 Å². The molecule has 0 radical (unpaired) electrons. The summed E-state index contributed by atoms with van der Waals surface area (Å²) in [6.07, 6.45) is 0. The van der Waals surface area contributed by atoms with E-state index in [0.29, 0.717) is 5.56 Å². The maximum Gasteiger partial charge on any atom is 0.325 e. The third-order valence-corrected chi connectivity index (χ3v) is 2.94. The lowest BCUT2D eigenvalue weighted by Crippen LogP contribution is -2.33. The Hall–Kier alpha value is -1.62. The summed E-state index contributed by atoms with van der Waals surface area (Å²) < 4.78 is 4.54. The number of likely N-dealkylation sites (N-methyl/N-ethyl adjacent to an activating group) is 1. The minimum Gasteiger partial charge on any atom is -0.468 e. The Bertz CT molecular complexity index is 524. The van der Waals surface area contributed by atoms with Gasteiger partial charge in [0.2, 0.25) is 0 Å². The molecule has 5 nitrogen and oxygen atoms in total. The zero-order chi connectivity index (χ0) is 15.5. The fourth-order valence-corrected chi connectivity index (χ4v) is 1.76. The first-order valence-electron chi connectivity index (χ1n) is 6.15. The number of hydrogen-bond donors (Lipinski definition) is 0. The third-order valence-electron chi connectivity index (χ3n) is 2.75. The zero-order valence-corrected chi connectivity index (χ0v) is 13.1. The van der Waals surface area contributed by atoms with Gasteiger partial charge in [0.25, 0.3) is 5.91 Å². The van der Waals surface area contributed by atoms with Crippen molar-refractivity contribution in [2.45, 2.75) is 26.2 Å². The number of nitrogens with zero attached hydrogens (tertiary/aromatic N) is 2. The Morgan fingerprint density at radius 3 is 2.45 bits per heavy atom. The van der Waals surface area contributed by atoms with Crippen molar-refractivity contribution >= 4 is 23.5 Å². The molecule has 0 saturated carbocycles. The summed E-state index contributed by atoms with van der Waals surface area (Å²) in [5.74, 6) is -0.776. The number of carbonyl (C=O) groups is 2. The topological polar surface area (TPSA) is 59.5 Å². The monoisotopic (exact) mass is 298 g/mol. The molecule has 0 spiro atoms. The van der Waals surface area contributed by atoms with Crippen LogP contribution in [0.4, 0.5) is 0 Å². The molecular formula is C14H19ClN2O3. The lowest BCUT2D eigenvalue weighted by molar-refractivity contribution is -0.141. The second-order valence-electron chi connectivity index (χ2n) is 5.55. The molecule has 0 aliphatic carbocycles. The highest BCUT2D eigenvalue weighted by Gasteiger charge is 2.21. The highest BCUT2D eigenvalue weighted by molar-refractivity contribution is 6.29. The molecule has 0 unspecified atom stereocenters. The maximum atomic E-state index is 12.3. The number of carbonyl (C=O) groups excluding carboxylic acids is 2.